The molecule has 6 heteroatoms. The van der Waals surface area contributed by atoms with Gasteiger partial charge in [0, 0.05) is 6.42 Å². The zero-order valence-corrected chi connectivity index (χ0v) is 6.70. The first-order valence-electron chi connectivity index (χ1n) is 2.60. The zero-order valence-electron chi connectivity index (χ0n) is 5.88. The maximum absolute atomic E-state index is 10.1. The van der Waals surface area contributed by atoms with E-state index in [1.54, 1.807) is 0 Å². The van der Waals surface area contributed by atoms with Gasteiger partial charge in [0.15, 0.2) is 5.78 Å². The van der Waals surface area contributed by atoms with Crippen LogP contribution in [-0.2, 0) is 15.4 Å². The first-order chi connectivity index (χ1) is 4.81. The monoisotopic (exact) mass is 186 g/mol. The number of allylic oxidation sites excluding steroid dienone is 1. The number of ketones is 1. The van der Waals surface area contributed by atoms with Gasteiger partial charge < -0.3 is 0 Å². The number of hydrogen-bond donors (Lipinski definition) is 0. The molecule has 0 spiro atoms. The normalized spacial score (nSPS) is 9.36. The van der Waals surface area contributed by atoms with Crippen molar-refractivity contribution in [3.63, 3.8) is 0 Å². The molecule has 3 nitrogen and oxygen atoms in total. The average molecular weight is 186 g/mol. The predicted octanol–water partition coefficient (Wildman–Crippen LogP) is 1.32. The third kappa shape index (κ3) is 46.4. The molecule has 0 N–H and O–H groups in total. The lowest BCUT2D eigenvalue weighted by molar-refractivity contribution is -0.114. The van der Waals surface area contributed by atoms with Gasteiger partial charge in [-0.25, -0.2) is 0 Å². The van der Waals surface area contributed by atoms with E-state index < -0.39 is 10.6 Å². The number of hydrogen-bond acceptors (Lipinski definition) is 3. The fourth-order valence-corrected chi connectivity index (χ4v) is 0.144. The highest BCUT2D eigenvalue weighted by atomic mass is 32.3. The van der Waals surface area contributed by atoms with E-state index in [1.165, 1.54) is 6.08 Å². The number of carbonyl (C=O) groups is 1. The lowest BCUT2D eigenvalue weighted by Gasteiger charge is -1.75. The molecule has 0 aromatic rings. The van der Waals surface area contributed by atoms with E-state index in [-0.39, 0.29) is 5.78 Å². The Morgan fingerprint density at radius 2 is 1.82 bits per heavy atom. The van der Waals surface area contributed by atoms with Gasteiger partial charge in [0.2, 0.25) is 0 Å². The summed E-state index contributed by atoms with van der Waals surface area (Å²) in [7, 11) is -5.67. The highest BCUT2D eigenvalue weighted by Crippen LogP contribution is 1.85. The summed E-state index contributed by atoms with van der Waals surface area (Å²) in [5.41, 5.74) is 0. The maximum Gasteiger partial charge on any atom is 0.476 e. The Balaban J connectivity index is 0. The molecule has 0 aliphatic rings. The van der Waals surface area contributed by atoms with Crippen molar-refractivity contribution in [1.82, 2.24) is 0 Å². The summed E-state index contributed by atoms with van der Waals surface area (Å²) in [6, 6.07) is 0. The molecular formula is C5H8F2O3S. The van der Waals surface area contributed by atoms with Crippen LogP contribution in [0.3, 0.4) is 0 Å². The fraction of sp³-hybridized carbons (Fsp3) is 0.400. The van der Waals surface area contributed by atoms with Crippen LogP contribution in [0.2, 0.25) is 0 Å². The first-order valence-corrected chi connectivity index (χ1v) is 3.89. The summed E-state index contributed by atoms with van der Waals surface area (Å²) in [6.45, 7) is 5.09. The molecule has 0 atom stereocenters. The average Bonchev–Trinajstić information content (AvgIpc) is 1.83. The molecule has 11 heavy (non-hydrogen) atoms. The molecule has 0 bridgehead atoms. The number of rotatable bonds is 2. The van der Waals surface area contributed by atoms with Crippen LogP contribution in [0.5, 0.6) is 0 Å². The summed E-state index contributed by atoms with van der Waals surface area (Å²) in [5, 5.41) is 0. The molecule has 0 unspecified atom stereocenters. The van der Waals surface area contributed by atoms with Crippen LogP contribution in [0.15, 0.2) is 12.7 Å². The Morgan fingerprint density at radius 1 is 1.55 bits per heavy atom. The van der Waals surface area contributed by atoms with Gasteiger partial charge in [-0.05, 0) is 6.08 Å². The second-order valence-corrected chi connectivity index (χ2v) is 2.16. The van der Waals surface area contributed by atoms with Crippen LogP contribution in [0.1, 0.15) is 13.3 Å². The van der Waals surface area contributed by atoms with Gasteiger partial charge in [-0.15, -0.1) is 0 Å². The van der Waals surface area contributed by atoms with Crippen LogP contribution >= 0.6 is 0 Å². The Bertz CT molecular complexity index is 212. The smallest absolute Gasteiger partial charge is 0.295 e. The summed E-state index contributed by atoms with van der Waals surface area (Å²) in [6.07, 6.45) is 1.91. The van der Waals surface area contributed by atoms with Crippen LogP contribution in [0.4, 0.5) is 7.77 Å². The van der Waals surface area contributed by atoms with Crippen molar-refractivity contribution in [2.75, 3.05) is 0 Å². The van der Waals surface area contributed by atoms with Crippen LogP contribution < -0.4 is 0 Å². The molecule has 0 aliphatic heterocycles. The highest BCUT2D eigenvalue weighted by Gasteiger charge is 1.94. The van der Waals surface area contributed by atoms with E-state index in [2.05, 4.69) is 6.58 Å². The quantitative estimate of drug-likeness (QED) is 0.482. The van der Waals surface area contributed by atoms with Crippen molar-refractivity contribution in [2.24, 2.45) is 0 Å². The molecular weight excluding hydrogens is 178 g/mol. The molecule has 66 valence electrons. The van der Waals surface area contributed by atoms with Crippen molar-refractivity contribution in [3.8, 4) is 0 Å². The highest BCUT2D eigenvalue weighted by molar-refractivity contribution is 7.81. The lowest BCUT2D eigenvalue weighted by Crippen LogP contribution is -1.83. The SMILES string of the molecule is C=CC(=O)CC.O=S(=O)(F)F. The lowest BCUT2D eigenvalue weighted by atomic mass is 10.3. The van der Waals surface area contributed by atoms with Gasteiger partial charge in [-0.2, -0.15) is 8.42 Å². The van der Waals surface area contributed by atoms with Crippen molar-refractivity contribution in [3.05, 3.63) is 12.7 Å². The summed E-state index contributed by atoms with van der Waals surface area (Å²) in [4.78, 5) is 10.1. The third-order valence-corrected chi connectivity index (χ3v) is 0.576. The second-order valence-electron chi connectivity index (χ2n) is 1.40. The minimum absolute atomic E-state index is 0.106. The van der Waals surface area contributed by atoms with Gasteiger partial charge in [0.05, 0.1) is 0 Å². The topological polar surface area (TPSA) is 51.2 Å². The van der Waals surface area contributed by atoms with Crippen LogP contribution in [0.25, 0.3) is 0 Å². The fourth-order valence-electron chi connectivity index (χ4n) is 0.144. The van der Waals surface area contributed by atoms with E-state index in [0.717, 1.165) is 0 Å². The molecule has 0 radical (unpaired) electrons. The van der Waals surface area contributed by atoms with Gasteiger partial charge in [0.1, 0.15) is 0 Å². The van der Waals surface area contributed by atoms with Crippen LogP contribution in [-0.4, -0.2) is 14.2 Å². The molecule has 0 rings (SSSR count). The molecule has 0 aromatic heterocycles. The van der Waals surface area contributed by atoms with Gasteiger partial charge in [0.25, 0.3) is 0 Å². The van der Waals surface area contributed by atoms with Crippen molar-refractivity contribution >= 4 is 16.4 Å². The molecule has 0 fully saturated rings. The van der Waals surface area contributed by atoms with Gasteiger partial charge in [-0.1, -0.05) is 21.3 Å². The zero-order chi connectivity index (χ0) is 9.49. The molecule has 0 saturated heterocycles. The molecule has 0 aromatic carbocycles. The Kier molecular flexibility index (Phi) is 6.97. The molecule has 0 heterocycles. The molecule has 0 amide bonds. The number of carbonyl (C=O) groups excluding carboxylic acids is 1. The van der Waals surface area contributed by atoms with Crippen molar-refractivity contribution in [1.29, 1.82) is 0 Å². The first kappa shape index (κ1) is 12.9. The van der Waals surface area contributed by atoms with E-state index in [0.29, 0.717) is 6.42 Å². The maximum atomic E-state index is 10.1. The predicted molar refractivity (Wildman–Crippen MR) is 36.6 cm³/mol. The second kappa shape index (κ2) is 5.96. The minimum atomic E-state index is -5.67. The van der Waals surface area contributed by atoms with Gasteiger partial charge in [-0.3, -0.25) is 4.79 Å². The van der Waals surface area contributed by atoms with E-state index in [4.69, 9.17) is 8.42 Å². The van der Waals surface area contributed by atoms with E-state index in [9.17, 15) is 12.6 Å². The Labute approximate surface area is 64.2 Å². The van der Waals surface area contributed by atoms with Crippen molar-refractivity contribution < 1.29 is 21.0 Å². The largest absolute Gasteiger partial charge is 0.476 e. The third-order valence-electron chi connectivity index (χ3n) is 0.576. The Hall–Kier alpha value is -0.780. The van der Waals surface area contributed by atoms with E-state index >= 15 is 0 Å². The van der Waals surface area contributed by atoms with Crippen LogP contribution in [0, 0.1) is 0 Å². The molecule has 0 saturated carbocycles. The Morgan fingerprint density at radius 3 is 1.82 bits per heavy atom. The van der Waals surface area contributed by atoms with E-state index in [1.807, 2.05) is 6.92 Å². The van der Waals surface area contributed by atoms with Crippen molar-refractivity contribution in [2.45, 2.75) is 13.3 Å². The standard InChI is InChI=1S/C5H8O.F2O2S/c1-3-5(6)4-2;1-5(2,3)4/h3H,1,4H2,2H3;. The molecule has 0 aliphatic carbocycles. The van der Waals surface area contributed by atoms with Gasteiger partial charge >= 0.3 is 10.6 Å². The minimum Gasteiger partial charge on any atom is -0.295 e. The summed E-state index contributed by atoms with van der Waals surface area (Å²) < 4.78 is 36.6. The number of halogens is 2. The summed E-state index contributed by atoms with van der Waals surface area (Å²) >= 11 is 0. The summed E-state index contributed by atoms with van der Waals surface area (Å²) in [5.74, 6) is 0.106.